The van der Waals surface area contributed by atoms with E-state index >= 15 is 0 Å². The van der Waals surface area contributed by atoms with E-state index < -0.39 is 24.4 Å². The molecule has 0 aromatic carbocycles. The van der Waals surface area contributed by atoms with Crippen molar-refractivity contribution in [2.75, 3.05) is 19.8 Å². The number of aliphatic hydroxyl groups excluding tert-OH is 3. The quantitative estimate of drug-likeness (QED) is 0.310. The number of rotatable bonds is 15. The van der Waals surface area contributed by atoms with Crippen LogP contribution in [0.2, 0.25) is 0 Å². The van der Waals surface area contributed by atoms with Crippen molar-refractivity contribution in [3.63, 3.8) is 0 Å². The SMILES string of the molecule is CCCC/C=C/CCCCCCCCOC[C@H](O)[C@H]1OC[C@@H](O)[C@H]1O. The molecule has 0 spiro atoms. The van der Waals surface area contributed by atoms with Crippen molar-refractivity contribution in [2.24, 2.45) is 0 Å². The first-order valence-corrected chi connectivity index (χ1v) is 10.0. The molecule has 4 atom stereocenters. The number of hydrogen-bond donors (Lipinski definition) is 3. The Labute approximate surface area is 153 Å². The second-order valence-electron chi connectivity index (χ2n) is 7.02. The predicted octanol–water partition coefficient (Wildman–Crippen LogP) is 2.96. The van der Waals surface area contributed by atoms with Gasteiger partial charge in [0.15, 0.2) is 0 Å². The Balaban J connectivity index is 1.84. The van der Waals surface area contributed by atoms with E-state index in [-0.39, 0.29) is 13.2 Å². The van der Waals surface area contributed by atoms with Crippen LogP contribution < -0.4 is 0 Å². The Kier molecular flexibility index (Phi) is 13.3. The molecule has 1 saturated heterocycles. The van der Waals surface area contributed by atoms with Gasteiger partial charge in [-0.2, -0.15) is 0 Å². The molecule has 0 aromatic rings. The zero-order chi connectivity index (χ0) is 18.3. The van der Waals surface area contributed by atoms with Gasteiger partial charge >= 0.3 is 0 Å². The van der Waals surface area contributed by atoms with Crippen LogP contribution in [0.5, 0.6) is 0 Å². The molecule has 0 amide bonds. The molecule has 0 radical (unpaired) electrons. The van der Waals surface area contributed by atoms with Crippen LogP contribution in [0.25, 0.3) is 0 Å². The third-order valence-electron chi connectivity index (χ3n) is 4.66. The normalized spacial score (nSPS) is 25.0. The fourth-order valence-electron chi connectivity index (χ4n) is 2.99. The van der Waals surface area contributed by atoms with Crippen molar-refractivity contribution in [2.45, 2.75) is 95.5 Å². The molecule has 0 aliphatic carbocycles. The molecule has 5 heteroatoms. The first-order chi connectivity index (χ1) is 12.2. The maximum Gasteiger partial charge on any atom is 0.114 e. The predicted molar refractivity (Wildman–Crippen MR) is 99.6 cm³/mol. The van der Waals surface area contributed by atoms with Crippen LogP contribution in [0.3, 0.4) is 0 Å². The van der Waals surface area contributed by atoms with E-state index in [0.29, 0.717) is 6.61 Å². The summed E-state index contributed by atoms with van der Waals surface area (Å²) >= 11 is 0. The van der Waals surface area contributed by atoms with Gasteiger partial charge in [0.1, 0.15) is 24.4 Å². The molecule has 1 heterocycles. The van der Waals surface area contributed by atoms with Gasteiger partial charge < -0.3 is 24.8 Å². The lowest BCUT2D eigenvalue weighted by atomic mass is 10.1. The van der Waals surface area contributed by atoms with Crippen molar-refractivity contribution in [3.05, 3.63) is 12.2 Å². The number of hydrogen-bond acceptors (Lipinski definition) is 5. The monoisotopic (exact) mass is 358 g/mol. The summed E-state index contributed by atoms with van der Waals surface area (Å²) in [4.78, 5) is 0. The molecular weight excluding hydrogens is 320 g/mol. The second-order valence-corrected chi connectivity index (χ2v) is 7.02. The molecule has 1 aliphatic heterocycles. The third-order valence-corrected chi connectivity index (χ3v) is 4.66. The van der Waals surface area contributed by atoms with Crippen LogP contribution in [0.4, 0.5) is 0 Å². The van der Waals surface area contributed by atoms with Gasteiger partial charge in [0.2, 0.25) is 0 Å². The molecule has 0 unspecified atom stereocenters. The topological polar surface area (TPSA) is 79.2 Å². The minimum absolute atomic E-state index is 0.0669. The number of aliphatic hydroxyl groups is 3. The van der Waals surface area contributed by atoms with Crippen molar-refractivity contribution < 1.29 is 24.8 Å². The van der Waals surface area contributed by atoms with Gasteiger partial charge in [0.25, 0.3) is 0 Å². The van der Waals surface area contributed by atoms with E-state index in [2.05, 4.69) is 19.1 Å². The lowest BCUT2D eigenvalue weighted by molar-refractivity contribution is -0.0813. The summed E-state index contributed by atoms with van der Waals surface area (Å²) in [5, 5.41) is 28.9. The number of ether oxygens (including phenoxy) is 2. The third kappa shape index (κ3) is 10.3. The van der Waals surface area contributed by atoms with E-state index in [1.54, 1.807) is 0 Å². The Morgan fingerprint density at radius 2 is 1.64 bits per heavy atom. The summed E-state index contributed by atoms with van der Waals surface area (Å²) in [7, 11) is 0. The Hall–Kier alpha value is -0.460. The minimum Gasteiger partial charge on any atom is -0.388 e. The molecule has 1 rings (SSSR count). The molecule has 5 nitrogen and oxygen atoms in total. The average molecular weight is 359 g/mol. The van der Waals surface area contributed by atoms with Crippen LogP contribution in [-0.2, 0) is 9.47 Å². The Morgan fingerprint density at radius 1 is 1.00 bits per heavy atom. The summed E-state index contributed by atoms with van der Waals surface area (Å²) < 4.78 is 10.6. The fraction of sp³-hybridized carbons (Fsp3) is 0.900. The standard InChI is InChI=1S/C20H38O5/c1-2-3-4-5-6-7-8-9-10-11-12-13-14-24-15-18(22)20-19(23)17(21)16-25-20/h5-6,17-23H,2-4,7-16H2,1H3/b6-5+/t17-,18+,19-,20-/m1/s1. The second kappa shape index (κ2) is 14.7. The maximum atomic E-state index is 9.90. The molecule has 0 saturated carbocycles. The molecule has 148 valence electrons. The highest BCUT2D eigenvalue weighted by Crippen LogP contribution is 2.18. The van der Waals surface area contributed by atoms with Gasteiger partial charge in [0, 0.05) is 6.61 Å². The zero-order valence-corrected chi connectivity index (χ0v) is 15.8. The molecular formula is C20H38O5. The van der Waals surface area contributed by atoms with E-state index in [0.717, 1.165) is 12.8 Å². The Bertz CT molecular complexity index is 334. The van der Waals surface area contributed by atoms with E-state index in [1.165, 1.54) is 51.4 Å². The summed E-state index contributed by atoms with van der Waals surface area (Å²) in [6.07, 6.45) is 13.2. The summed E-state index contributed by atoms with van der Waals surface area (Å²) in [5.74, 6) is 0. The number of allylic oxidation sites excluding steroid dienone is 2. The Morgan fingerprint density at radius 3 is 2.28 bits per heavy atom. The summed E-state index contributed by atoms with van der Waals surface area (Å²) in [5.41, 5.74) is 0. The van der Waals surface area contributed by atoms with Crippen molar-refractivity contribution in [1.29, 1.82) is 0 Å². The molecule has 1 aliphatic rings. The van der Waals surface area contributed by atoms with Crippen molar-refractivity contribution in [1.82, 2.24) is 0 Å². The lowest BCUT2D eigenvalue weighted by Crippen LogP contribution is -2.40. The minimum atomic E-state index is -1.03. The van der Waals surface area contributed by atoms with Crippen molar-refractivity contribution in [3.8, 4) is 0 Å². The fourth-order valence-corrected chi connectivity index (χ4v) is 2.99. The van der Waals surface area contributed by atoms with E-state index in [1.807, 2.05) is 0 Å². The molecule has 0 aromatic heterocycles. The van der Waals surface area contributed by atoms with E-state index in [4.69, 9.17) is 9.47 Å². The maximum absolute atomic E-state index is 9.90. The van der Waals surface area contributed by atoms with Crippen LogP contribution in [0.15, 0.2) is 12.2 Å². The first-order valence-electron chi connectivity index (χ1n) is 10.0. The molecule has 1 fully saturated rings. The van der Waals surface area contributed by atoms with Crippen LogP contribution in [-0.4, -0.2) is 59.6 Å². The molecule has 0 bridgehead atoms. The summed E-state index contributed by atoms with van der Waals surface area (Å²) in [6, 6.07) is 0. The van der Waals surface area contributed by atoms with Crippen LogP contribution in [0.1, 0.15) is 71.1 Å². The van der Waals surface area contributed by atoms with Gasteiger partial charge in [-0.25, -0.2) is 0 Å². The van der Waals surface area contributed by atoms with Crippen LogP contribution in [0, 0.1) is 0 Å². The first kappa shape index (κ1) is 22.6. The average Bonchev–Trinajstić information content (AvgIpc) is 2.94. The van der Waals surface area contributed by atoms with Gasteiger partial charge in [-0.1, -0.05) is 57.6 Å². The number of unbranched alkanes of at least 4 members (excludes halogenated alkanes) is 8. The van der Waals surface area contributed by atoms with Crippen molar-refractivity contribution >= 4 is 0 Å². The zero-order valence-electron chi connectivity index (χ0n) is 15.8. The molecule has 3 N–H and O–H groups in total. The van der Waals surface area contributed by atoms with Gasteiger partial charge in [-0.05, 0) is 25.7 Å². The highest BCUT2D eigenvalue weighted by atomic mass is 16.5. The largest absolute Gasteiger partial charge is 0.388 e. The summed E-state index contributed by atoms with van der Waals surface area (Å²) in [6.45, 7) is 3.04. The van der Waals surface area contributed by atoms with Gasteiger partial charge in [-0.3, -0.25) is 0 Å². The van der Waals surface area contributed by atoms with Gasteiger partial charge in [0.05, 0.1) is 13.2 Å². The van der Waals surface area contributed by atoms with Crippen LogP contribution >= 0.6 is 0 Å². The molecule has 25 heavy (non-hydrogen) atoms. The van der Waals surface area contributed by atoms with Gasteiger partial charge in [-0.15, -0.1) is 0 Å². The van der Waals surface area contributed by atoms with E-state index in [9.17, 15) is 15.3 Å². The highest BCUT2D eigenvalue weighted by molar-refractivity contribution is 4.87. The smallest absolute Gasteiger partial charge is 0.114 e. The lowest BCUT2D eigenvalue weighted by Gasteiger charge is -2.20. The highest BCUT2D eigenvalue weighted by Gasteiger charge is 2.39.